The highest BCUT2D eigenvalue weighted by atomic mass is 32.1. The van der Waals surface area contributed by atoms with E-state index in [2.05, 4.69) is 4.98 Å². The van der Waals surface area contributed by atoms with Crippen molar-refractivity contribution in [1.82, 2.24) is 4.98 Å². The molecular formula is C16H14N2O4S. The van der Waals surface area contributed by atoms with E-state index < -0.39 is 4.92 Å². The first kappa shape index (κ1) is 15.2. The first-order valence-corrected chi connectivity index (χ1v) is 7.81. The number of ether oxygens (including phenoxy) is 1. The minimum absolute atomic E-state index is 0.0212. The molecule has 2 heterocycles. The van der Waals surface area contributed by atoms with Gasteiger partial charge >= 0.3 is 5.69 Å². The Morgan fingerprint density at radius 2 is 2.13 bits per heavy atom. The Kier molecular flexibility index (Phi) is 4.12. The van der Waals surface area contributed by atoms with Gasteiger partial charge in [0.1, 0.15) is 18.1 Å². The average molecular weight is 330 g/mol. The fraction of sp³-hybridized carbons (Fsp3) is 0.188. The van der Waals surface area contributed by atoms with Crippen LogP contribution in [0.1, 0.15) is 17.0 Å². The molecule has 7 heteroatoms. The molecule has 0 aliphatic heterocycles. The number of thiophene rings is 1. The zero-order valence-corrected chi connectivity index (χ0v) is 13.4. The monoisotopic (exact) mass is 330 g/mol. The lowest BCUT2D eigenvalue weighted by atomic mass is 10.2. The van der Waals surface area contributed by atoms with Crippen LogP contribution in [-0.2, 0) is 6.61 Å². The van der Waals surface area contributed by atoms with Gasteiger partial charge < -0.3 is 9.15 Å². The van der Waals surface area contributed by atoms with Gasteiger partial charge in [0.05, 0.1) is 9.80 Å². The lowest BCUT2D eigenvalue weighted by molar-refractivity contribution is -0.386. The fourth-order valence-electron chi connectivity index (χ4n) is 2.20. The predicted molar refractivity (Wildman–Crippen MR) is 86.7 cm³/mol. The third kappa shape index (κ3) is 3.09. The standard InChI is InChI=1S/C16H14N2O4S/c1-10-5-3-6-13(15(10)18(19)20)21-9-12-11(2)22-16(17-12)14-7-4-8-23-14/h3-8H,9H2,1-2H3. The molecule has 0 aliphatic carbocycles. The largest absolute Gasteiger partial charge is 0.480 e. The van der Waals surface area contributed by atoms with Crippen LogP contribution in [0, 0.1) is 24.0 Å². The molecule has 0 unspecified atom stereocenters. The Labute approximate surface area is 136 Å². The van der Waals surface area contributed by atoms with Gasteiger partial charge in [0.25, 0.3) is 0 Å². The van der Waals surface area contributed by atoms with Crippen LogP contribution in [0.25, 0.3) is 10.8 Å². The average Bonchev–Trinajstić information content (AvgIpc) is 3.14. The van der Waals surface area contributed by atoms with E-state index in [1.807, 2.05) is 17.5 Å². The molecule has 0 aliphatic rings. The van der Waals surface area contributed by atoms with E-state index >= 15 is 0 Å². The SMILES string of the molecule is Cc1cccc(OCc2nc(-c3cccs3)oc2C)c1[N+](=O)[O-]. The molecule has 0 radical (unpaired) electrons. The van der Waals surface area contributed by atoms with Gasteiger partial charge in [0, 0.05) is 5.56 Å². The van der Waals surface area contributed by atoms with Gasteiger partial charge in [-0.3, -0.25) is 10.1 Å². The van der Waals surface area contributed by atoms with Gasteiger partial charge in [0.15, 0.2) is 5.75 Å². The smallest absolute Gasteiger partial charge is 0.313 e. The third-order valence-electron chi connectivity index (χ3n) is 3.37. The minimum atomic E-state index is -0.433. The molecule has 0 fully saturated rings. The zero-order chi connectivity index (χ0) is 16.4. The summed E-state index contributed by atoms with van der Waals surface area (Å²) in [7, 11) is 0. The zero-order valence-electron chi connectivity index (χ0n) is 12.6. The maximum absolute atomic E-state index is 11.2. The molecule has 2 aromatic heterocycles. The number of hydrogen-bond donors (Lipinski definition) is 0. The van der Waals surface area contributed by atoms with E-state index in [1.54, 1.807) is 32.0 Å². The van der Waals surface area contributed by atoms with Crippen LogP contribution in [0.4, 0.5) is 5.69 Å². The number of aryl methyl sites for hydroxylation is 2. The van der Waals surface area contributed by atoms with Gasteiger partial charge in [0.2, 0.25) is 5.89 Å². The van der Waals surface area contributed by atoms with Crippen molar-refractivity contribution in [2.24, 2.45) is 0 Å². The van der Waals surface area contributed by atoms with Gasteiger partial charge in [-0.05, 0) is 31.4 Å². The van der Waals surface area contributed by atoms with Crippen molar-refractivity contribution in [3.05, 3.63) is 62.8 Å². The number of benzene rings is 1. The van der Waals surface area contributed by atoms with E-state index in [-0.39, 0.29) is 18.0 Å². The summed E-state index contributed by atoms with van der Waals surface area (Å²) in [6.45, 7) is 3.60. The summed E-state index contributed by atoms with van der Waals surface area (Å²) >= 11 is 1.53. The van der Waals surface area contributed by atoms with Gasteiger partial charge in [-0.25, -0.2) is 4.98 Å². The molecule has 0 atom stereocenters. The molecule has 1 aromatic carbocycles. The minimum Gasteiger partial charge on any atom is -0.480 e. The van der Waals surface area contributed by atoms with E-state index in [0.29, 0.717) is 22.9 Å². The predicted octanol–water partition coefficient (Wildman–Crippen LogP) is 4.51. The molecule has 0 N–H and O–H groups in total. The summed E-state index contributed by atoms with van der Waals surface area (Å²) in [6, 6.07) is 8.84. The Bertz CT molecular complexity index is 840. The topological polar surface area (TPSA) is 78.4 Å². The number of nitrogens with zero attached hydrogens (tertiary/aromatic N) is 2. The first-order chi connectivity index (χ1) is 11.1. The summed E-state index contributed by atoms with van der Waals surface area (Å²) < 4.78 is 11.3. The lowest BCUT2D eigenvalue weighted by Crippen LogP contribution is -2.01. The fourth-order valence-corrected chi connectivity index (χ4v) is 2.85. The van der Waals surface area contributed by atoms with Crippen molar-refractivity contribution in [1.29, 1.82) is 0 Å². The maximum Gasteiger partial charge on any atom is 0.313 e. The molecule has 6 nitrogen and oxygen atoms in total. The van der Waals surface area contributed by atoms with Crippen LogP contribution in [0.15, 0.2) is 40.1 Å². The third-order valence-corrected chi connectivity index (χ3v) is 4.23. The van der Waals surface area contributed by atoms with E-state index in [0.717, 1.165) is 4.88 Å². The highest BCUT2D eigenvalue weighted by Crippen LogP contribution is 2.31. The second kappa shape index (κ2) is 6.21. The molecule has 0 saturated heterocycles. The van der Waals surface area contributed by atoms with Crippen molar-refractivity contribution in [3.63, 3.8) is 0 Å². The molecule has 3 rings (SSSR count). The molecule has 0 spiro atoms. The Morgan fingerprint density at radius 3 is 2.83 bits per heavy atom. The second-order valence-corrected chi connectivity index (χ2v) is 5.91. The normalized spacial score (nSPS) is 10.7. The van der Waals surface area contributed by atoms with Crippen molar-refractivity contribution >= 4 is 17.0 Å². The number of aromatic nitrogens is 1. The quantitative estimate of drug-likeness (QED) is 0.508. The first-order valence-electron chi connectivity index (χ1n) is 6.93. The highest BCUT2D eigenvalue weighted by molar-refractivity contribution is 7.13. The van der Waals surface area contributed by atoms with Crippen molar-refractivity contribution in [2.75, 3.05) is 0 Å². The molecule has 0 saturated carbocycles. The number of hydrogen-bond acceptors (Lipinski definition) is 6. The molecule has 23 heavy (non-hydrogen) atoms. The summed E-state index contributed by atoms with van der Waals surface area (Å²) in [4.78, 5) is 16.1. The second-order valence-electron chi connectivity index (χ2n) is 4.97. The Morgan fingerprint density at radius 1 is 1.30 bits per heavy atom. The number of para-hydroxylation sites is 1. The molecule has 118 valence electrons. The van der Waals surface area contributed by atoms with Crippen molar-refractivity contribution in [2.45, 2.75) is 20.5 Å². The van der Waals surface area contributed by atoms with Crippen LogP contribution < -0.4 is 4.74 Å². The maximum atomic E-state index is 11.2. The number of nitro benzene ring substituents is 1. The number of nitro groups is 1. The van der Waals surface area contributed by atoms with E-state index in [1.165, 1.54) is 11.3 Å². The Balaban J connectivity index is 1.82. The van der Waals surface area contributed by atoms with Crippen LogP contribution in [0.5, 0.6) is 5.75 Å². The summed E-state index contributed by atoms with van der Waals surface area (Å²) in [5, 5.41) is 13.1. The molecular weight excluding hydrogens is 316 g/mol. The number of oxazole rings is 1. The summed E-state index contributed by atoms with van der Waals surface area (Å²) in [5.74, 6) is 1.41. The van der Waals surface area contributed by atoms with Gasteiger partial charge in [-0.15, -0.1) is 11.3 Å². The van der Waals surface area contributed by atoms with E-state index in [4.69, 9.17) is 9.15 Å². The van der Waals surface area contributed by atoms with Crippen LogP contribution in [0.3, 0.4) is 0 Å². The molecule has 0 bridgehead atoms. The Hall–Kier alpha value is -2.67. The van der Waals surface area contributed by atoms with Crippen LogP contribution in [-0.4, -0.2) is 9.91 Å². The van der Waals surface area contributed by atoms with Crippen LogP contribution in [0.2, 0.25) is 0 Å². The molecule has 3 aromatic rings. The highest BCUT2D eigenvalue weighted by Gasteiger charge is 2.19. The molecule has 0 amide bonds. The van der Waals surface area contributed by atoms with Gasteiger partial charge in [-0.1, -0.05) is 18.2 Å². The lowest BCUT2D eigenvalue weighted by Gasteiger charge is -2.06. The van der Waals surface area contributed by atoms with E-state index in [9.17, 15) is 10.1 Å². The van der Waals surface area contributed by atoms with Crippen molar-refractivity contribution in [3.8, 4) is 16.5 Å². The number of rotatable bonds is 5. The van der Waals surface area contributed by atoms with Gasteiger partial charge in [-0.2, -0.15) is 0 Å². The van der Waals surface area contributed by atoms with Crippen LogP contribution >= 0.6 is 11.3 Å². The van der Waals surface area contributed by atoms with Crippen molar-refractivity contribution < 1.29 is 14.1 Å². The summed E-state index contributed by atoms with van der Waals surface area (Å²) in [5.41, 5.74) is 1.17. The summed E-state index contributed by atoms with van der Waals surface area (Å²) in [6.07, 6.45) is 0.